The Balaban J connectivity index is 1.80. The maximum Gasteiger partial charge on any atom is 0.341 e. The molecule has 178 valence electrons. The minimum absolute atomic E-state index is 0.162. The van der Waals surface area contributed by atoms with E-state index in [1.807, 2.05) is 0 Å². The SMILES string of the molecule is CCOC(=O)c1c(-c2ccc(OC)c(OC)c2)csc1NC(=O)COC(=O)c1ccc(C)nc1. The number of aryl methyl sites for hydroxylation is 1. The van der Waals surface area contributed by atoms with Gasteiger partial charge < -0.3 is 24.3 Å². The van der Waals surface area contributed by atoms with Crippen LogP contribution < -0.4 is 14.8 Å². The number of anilines is 1. The van der Waals surface area contributed by atoms with Gasteiger partial charge in [-0.2, -0.15) is 0 Å². The molecule has 0 saturated heterocycles. The Bertz CT molecular complexity index is 1190. The molecule has 0 spiro atoms. The van der Waals surface area contributed by atoms with Gasteiger partial charge in [-0.25, -0.2) is 9.59 Å². The van der Waals surface area contributed by atoms with E-state index in [1.54, 1.807) is 49.6 Å². The molecule has 1 aromatic carbocycles. The van der Waals surface area contributed by atoms with Gasteiger partial charge in [0, 0.05) is 22.8 Å². The number of hydrogen-bond donors (Lipinski definition) is 1. The van der Waals surface area contributed by atoms with Crippen molar-refractivity contribution in [3.63, 3.8) is 0 Å². The first kappa shape index (κ1) is 24.7. The van der Waals surface area contributed by atoms with Crippen molar-refractivity contribution in [2.24, 2.45) is 0 Å². The summed E-state index contributed by atoms with van der Waals surface area (Å²) in [4.78, 5) is 41.4. The van der Waals surface area contributed by atoms with Crippen LogP contribution in [0, 0.1) is 6.92 Å². The van der Waals surface area contributed by atoms with Crippen molar-refractivity contribution in [1.82, 2.24) is 4.98 Å². The van der Waals surface area contributed by atoms with Gasteiger partial charge in [-0.1, -0.05) is 6.07 Å². The number of methoxy groups -OCH3 is 2. The quantitative estimate of drug-likeness (QED) is 0.452. The second-order valence-electron chi connectivity index (χ2n) is 6.96. The van der Waals surface area contributed by atoms with Crippen molar-refractivity contribution in [3.05, 3.63) is 58.7 Å². The van der Waals surface area contributed by atoms with E-state index in [1.165, 1.54) is 20.4 Å². The highest BCUT2D eigenvalue weighted by Gasteiger charge is 2.24. The van der Waals surface area contributed by atoms with Gasteiger partial charge in [0.25, 0.3) is 5.91 Å². The van der Waals surface area contributed by atoms with Crippen LogP contribution in [0.3, 0.4) is 0 Å². The zero-order valence-corrected chi connectivity index (χ0v) is 20.0. The summed E-state index contributed by atoms with van der Waals surface area (Å²) in [7, 11) is 3.04. The molecule has 0 radical (unpaired) electrons. The summed E-state index contributed by atoms with van der Waals surface area (Å²) < 4.78 is 20.9. The number of carbonyl (C=O) groups excluding carboxylic acids is 3. The molecular weight excluding hydrogens is 460 g/mol. The second kappa shape index (κ2) is 11.3. The number of nitrogens with zero attached hydrogens (tertiary/aromatic N) is 1. The molecule has 3 aromatic rings. The molecular formula is C24H24N2O7S. The number of nitrogens with one attached hydrogen (secondary N) is 1. The highest BCUT2D eigenvalue weighted by molar-refractivity contribution is 7.15. The third kappa shape index (κ3) is 5.70. The Morgan fingerprint density at radius 1 is 1.00 bits per heavy atom. The largest absolute Gasteiger partial charge is 0.493 e. The lowest BCUT2D eigenvalue weighted by Gasteiger charge is -2.11. The fourth-order valence-electron chi connectivity index (χ4n) is 3.04. The van der Waals surface area contributed by atoms with Gasteiger partial charge in [0.1, 0.15) is 10.6 Å². The molecule has 0 aliphatic carbocycles. The molecule has 2 heterocycles. The van der Waals surface area contributed by atoms with Gasteiger partial charge in [-0.05, 0) is 43.7 Å². The minimum Gasteiger partial charge on any atom is -0.493 e. The fraction of sp³-hybridized carbons (Fsp3) is 0.250. The number of ether oxygens (including phenoxy) is 4. The number of pyridine rings is 1. The number of aromatic nitrogens is 1. The van der Waals surface area contributed by atoms with Crippen LogP contribution in [-0.4, -0.2) is 50.3 Å². The van der Waals surface area contributed by atoms with Gasteiger partial charge >= 0.3 is 11.9 Å². The molecule has 0 aliphatic heterocycles. The minimum atomic E-state index is -0.675. The van der Waals surface area contributed by atoms with Gasteiger partial charge in [-0.15, -0.1) is 11.3 Å². The van der Waals surface area contributed by atoms with E-state index in [-0.39, 0.29) is 22.7 Å². The van der Waals surface area contributed by atoms with Crippen LogP contribution in [0.15, 0.2) is 41.9 Å². The molecule has 0 aliphatic rings. The van der Waals surface area contributed by atoms with Crippen LogP contribution >= 0.6 is 11.3 Å². The summed E-state index contributed by atoms with van der Waals surface area (Å²) in [5.74, 6) is -0.834. The summed E-state index contributed by atoms with van der Waals surface area (Å²) in [6.07, 6.45) is 1.38. The fourth-order valence-corrected chi connectivity index (χ4v) is 4.01. The summed E-state index contributed by atoms with van der Waals surface area (Å²) in [5.41, 5.74) is 2.42. The van der Waals surface area contributed by atoms with Crippen molar-refractivity contribution < 1.29 is 33.3 Å². The van der Waals surface area contributed by atoms with Crippen LogP contribution in [0.5, 0.6) is 11.5 Å². The third-order valence-electron chi connectivity index (χ3n) is 4.70. The number of esters is 2. The monoisotopic (exact) mass is 484 g/mol. The second-order valence-corrected chi connectivity index (χ2v) is 7.84. The first-order valence-electron chi connectivity index (χ1n) is 10.3. The molecule has 2 aromatic heterocycles. The average molecular weight is 485 g/mol. The van der Waals surface area contributed by atoms with Crippen LogP contribution in [-0.2, 0) is 14.3 Å². The number of benzene rings is 1. The van der Waals surface area contributed by atoms with Crippen LogP contribution in [0.2, 0.25) is 0 Å². The van der Waals surface area contributed by atoms with Crippen molar-refractivity contribution in [3.8, 4) is 22.6 Å². The summed E-state index contributed by atoms with van der Waals surface area (Å²) >= 11 is 1.15. The molecule has 3 rings (SSSR count). The normalized spacial score (nSPS) is 10.4. The Morgan fingerprint density at radius 3 is 2.41 bits per heavy atom. The standard InChI is InChI=1S/C24H24N2O7S/c1-5-32-24(29)21-17(15-8-9-18(30-3)19(10-15)31-4)13-34-22(21)26-20(27)12-33-23(28)16-7-6-14(2)25-11-16/h6-11,13H,5,12H2,1-4H3,(H,26,27). The first-order chi connectivity index (χ1) is 16.4. The molecule has 1 N–H and O–H groups in total. The maximum absolute atomic E-state index is 12.7. The van der Waals surface area contributed by atoms with Crippen molar-refractivity contribution >= 4 is 34.2 Å². The van der Waals surface area contributed by atoms with Crippen molar-refractivity contribution in [2.75, 3.05) is 32.8 Å². The molecule has 10 heteroatoms. The van der Waals surface area contributed by atoms with E-state index in [9.17, 15) is 14.4 Å². The van der Waals surface area contributed by atoms with Crippen molar-refractivity contribution in [2.45, 2.75) is 13.8 Å². The van der Waals surface area contributed by atoms with Gasteiger partial charge in [-0.3, -0.25) is 9.78 Å². The van der Waals surface area contributed by atoms with E-state index in [4.69, 9.17) is 18.9 Å². The molecule has 0 bridgehead atoms. The number of thiophene rings is 1. The predicted octanol–water partition coefficient (Wildman–Crippen LogP) is 4.11. The van der Waals surface area contributed by atoms with Gasteiger partial charge in [0.15, 0.2) is 18.1 Å². The van der Waals surface area contributed by atoms with E-state index in [2.05, 4.69) is 10.3 Å². The van der Waals surface area contributed by atoms with Gasteiger partial charge in [0.05, 0.1) is 26.4 Å². The average Bonchev–Trinajstić information content (AvgIpc) is 3.26. The first-order valence-corrected chi connectivity index (χ1v) is 11.2. The number of carbonyl (C=O) groups is 3. The van der Waals surface area contributed by atoms with Crippen molar-refractivity contribution in [1.29, 1.82) is 0 Å². The van der Waals surface area contributed by atoms with E-state index >= 15 is 0 Å². The molecule has 1 amide bonds. The zero-order chi connectivity index (χ0) is 24.7. The number of rotatable bonds is 9. The predicted molar refractivity (Wildman–Crippen MR) is 127 cm³/mol. The van der Waals surface area contributed by atoms with E-state index < -0.39 is 24.5 Å². The summed E-state index contributed by atoms with van der Waals surface area (Å²) in [6.45, 7) is 3.12. The summed E-state index contributed by atoms with van der Waals surface area (Å²) in [5, 5.41) is 4.65. The van der Waals surface area contributed by atoms with E-state index in [0.717, 1.165) is 17.0 Å². The van der Waals surface area contributed by atoms with Crippen LogP contribution in [0.25, 0.3) is 11.1 Å². The number of amides is 1. The molecule has 0 saturated carbocycles. The van der Waals surface area contributed by atoms with Gasteiger partial charge in [0.2, 0.25) is 0 Å². The zero-order valence-electron chi connectivity index (χ0n) is 19.2. The van der Waals surface area contributed by atoms with Crippen LogP contribution in [0.4, 0.5) is 5.00 Å². The highest BCUT2D eigenvalue weighted by Crippen LogP contribution is 2.39. The lowest BCUT2D eigenvalue weighted by atomic mass is 10.0. The maximum atomic E-state index is 12.7. The molecule has 34 heavy (non-hydrogen) atoms. The lowest BCUT2D eigenvalue weighted by molar-refractivity contribution is -0.119. The Kier molecular flexibility index (Phi) is 8.20. The Labute approximate surface area is 200 Å². The lowest BCUT2D eigenvalue weighted by Crippen LogP contribution is -2.21. The van der Waals surface area contributed by atoms with Crippen LogP contribution in [0.1, 0.15) is 33.3 Å². The third-order valence-corrected chi connectivity index (χ3v) is 5.59. The molecule has 0 unspecified atom stereocenters. The van der Waals surface area contributed by atoms with E-state index in [0.29, 0.717) is 22.6 Å². The molecule has 0 atom stereocenters. The highest BCUT2D eigenvalue weighted by atomic mass is 32.1. The molecule has 0 fully saturated rings. The summed E-state index contributed by atoms with van der Waals surface area (Å²) in [6, 6.07) is 8.46. The Morgan fingerprint density at radius 2 is 1.76 bits per heavy atom. The number of hydrogen-bond acceptors (Lipinski definition) is 9. The Hall–Kier alpha value is -3.92. The topological polar surface area (TPSA) is 113 Å². The smallest absolute Gasteiger partial charge is 0.341 e. The molecule has 9 nitrogen and oxygen atoms in total.